The van der Waals surface area contributed by atoms with Gasteiger partial charge >= 0.3 is 0 Å². The van der Waals surface area contributed by atoms with Crippen LogP contribution >= 0.6 is 0 Å². The average Bonchev–Trinajstić information content (AvgIpc) is 3.43. The molecule has 194 valence electrons. The van der Waals surface area contributed by atoms with Crippen molar-refractivity contribution in [2.24, 2.45) is 0 Å². The SMILES string of the molecule is Cc1ccc(NC(=O)C2(c3ccc4c(c3)OCO4)CC2)cc1-c1ccc(C(=O)N[C@@H]2CONC2=O)cc1.[HH].[HH].[HH]. The minimum atomic E-state index is -0.706. The minimum Gasteiger partial charge on any atom is -0.454 e. The second-order valence-electron chi connectivity index (χ2n) is 9.51. The molecule has 6 rings (SSSR count). The Morgan fingerprint density at radius 3 is 2.51 bits per heavy atom. The van der Waals surface area contributed by atoms with Crippen molar-refractivity contribution >= 4 is 23.4 Å². The van der Waals surface area contributed by atoms with E-state index in [1.165, 1.54) is 0 Å². The second-order valence-corrected chi connectivity index (χ2v) is 9.51. The number of fused-ring (bicyclic) bond motifs is 1. The highest BCUT2D eigenvalue weighted by molar-refractivity contribution is 6.02. The molecule has 3 aromatic rings. The van der Waals surface area contributed by atoms with Crippen LogP contribution in [-0.4, -0.2) is 37.2 Å². The molecule has 0 unspecified atom stereocenters. The lowest BCUT2D eigenvalue weighted by atomic mass is 9.94. The van der Waals surface area contributed by atoms with Gasteiger partial charge in [-0.3, -0.25) is 19.2 Å². The van der Waals surface area contributed by atoms with Crippen molar-refractivity contribution in [1.82, 2.24) is 10.8 Å². The van der Waals surface area contributed by atoms with E-state index in [1.807, 2.05) is 55.5 Å². The van der Waals surface area contributed by atoms with Crippen LogP contribution in [-0.2, 0) is 19.8 Å². The Morgan fingerprint density at radius 2 is 1.78 bits per heavy atom. The largest absolute Gasteiger partial charge is 0.454 e. The number of hydroxylamine groups is 1. The minimum absolute atomic E-state index is 0. The van der Waals surface area contributed by atoms with Gasteiger partial charge in [-0.25, -0.2) is 5.48 Å². The smallest absolute Gasteiger partial charge is 0.268 e. The molecule has 1 saturated carbocycles. The third kappa shape index (κ3) is 4.27. The van der Waals surface area contributed by atoms with E-state index in [9.17, 15) is 14.4 Å². The quantitative estimate of drug-likeness (QED) is 0.467. The molecule has 0 radical (unpaired) electrons. The average molecular weight is 506 g/mol. The van der Waals surface area contributed by atoms with Crippen LogP contribution in [0.15, 0.2) is 60.7 Å². The first kappa shape index (κ1) is 23.1. The van der Waals surface area contributed by atoms with Crippen molar-refractivity contribution in [3.8, 4) is 22.6 Å². The normalized spacial score (nSPS) is 18.7. The number of aryl methyl sites for hydroxylation is 1. The molecule has 1 aliphatic carbocycles. The van der Waals surface area contributed by atoms with Gasteiger partial charge in [0.25, 0.3) is 11.8 Å². The maximum atomic E-state index is 13.3. The van der Waals surface area contributed by atoms with E-state index in [4.69, 9.17) is 14.3 Å². The Hall–Kier alpha value is -4.37. The fraction of sp³-hybridized carbons (Fsp3) is 0.250. The zero-order valence-electron chi connectivity index (χ0n) is 20.1. The van der Waals surface area contributed by atoms with Crippen molar-refractivity contribution in [2.45, 2.75) is 31.2 Å². The van der Waals surface area contributed by atoms with Crippen LogP contribution in [0.3, 0.4) is 0 Å². The van der Waals surface area contributed by atoms with Crippen molar-refractivity contribution in [3.05, 3.63) is 77.4 Å². The molecule has 2 aliphatic heterocycles. The zero-order valence-corrected chi connectivity index (χ0v) is 20.1. The lowest BCUT2D eigenvalue weighted by molar-refractivity contribution is -0.125. The van der Waals surface area contributed by atoms with Gasteiger partial charge < -0.3 is 20.1 Å². The molecule has 0 bridgehead atoms. The molecule has 3 aromatic carbocycles. The number of benzene rings is 3. The van der Waals surface area contributed by atoms with E-state index in [1.54, 1.807) is 12.1 Å². The molecule has 0 spiro atoms. The number of nitrogens with one attached hydrogen (secondary N) is 3. The topological polar surface area (TPSA) is 115 Å². The zero-order chi connectivity index (χ0) is 25.6. The number of ether oxygens (including phenoxy) is 2. The predicted molar refractivity (Wildman–Crippen MR) is 140 cm³/mol. The Balaban J connectivity index is 0.00000147. The summed E-state index contributed by atoms with van der Waals surface area (Å²) in [5.41, 5.74) is 6.60. The fourth-order valence-corrected chi connectivity index (χ4v) is 4.72. The number of amides is 3. The first-order valence-corrected chi connectivity index (χ1v) is 12.1. The second kappa shape index (κ2) is 8.94. The lowest BCUT2D eigenvalue weighted by Crippen LogP contribution is -2.41. The maximum absolute atomic E-state index is 13.3. The highest BCUT2D eigenvalue weighted by Crippen LogP contribution is 2.51. The first-order valence-electron chi connectivity index (χ1n) is 12.1. The third-order valence-electron chi connectivity index (χ3n) is 7.11. The molecule has 9 heteroatoms. The van der Waals surface area contributed by atoms with Crippen molar-refractivity contribution in [2.75, 3.05) is 18.7 Å². The summed E-state index contributed by atoms with van der Waals surface area (Å²) in [6, 6.07) is 17.9. The summed E-state index contributed by atoms with van der Waals surface area (Å²) in [6.45, 7) is 2.29. The van der Waals surface area contributed by atoms with Crippen LogP contribution < -0.4 is 25.6 Å². The van der Waals surface area contributed by atoms with Crippen LogP contribution in [0.1, 0.15) is 38.6 Å². The third-order valence-corrected chi connectivity index (χ3v) is 7.11. The number of hydrogen-bond acceptors (Lipinski definition) is 6. The number of rotatable bonds is 6. The van der Waals surface area contributed by atoms with Crippen LogP contribution in [0.4, 0.5) is 5.69 Å². The summed E-state index contributed by atoms with van der Waals surface area (Å²) in [5, 5.41) is 5.75. The van der Waals surface area contributed by atoms with Gasteiger partial charge in [0.15, 0.2) is 11.5 Å². The van der Waals surface area contributed by atoms with Crippen molar-refractivity contribution < 1.29 is 33.0 Å². The molecule has 2 heterocycles. The van der Waals surface area contributed by atoms with Crippen LogP contribution in [0.25, 0.3) is 11.1 Å². The molecule has 3 amide bonds. The summed E-state index contributed by atoms with van der Waals surface area (Å²) < 4.78 is 10.9. The van der Waals surface area contributed by atoms with E-state index in [0.717, 1.165) is 35.1 Å². The van der Waals surface area contributed by atoms with Crippen molar-refractivity contribution in [1.29, 1.82) is 0 Å². The standard InChI is InChI=1S/C28H25N3O6.3H2/c1-16-2-8-20(29-27(34)28(10-11-28)19-7-9-23-24(12-19)36-15-35-23)13-21(16)17-3-5-18(6-4-17)25(32)30-22-14-37-31-26(22)33;;;/h2-9,12-13,22H,10-11,14-15H2,1H3,(H,29,34)(H,30,32)(H,31,33);3*1H/t22-;;;/m1.../s1. The van der Waals surface area contributed by atoms with Gasteiger partial charge in [0, 0.05) is 15.5 Å². The van der Waals surface area contributed by atoms with E-state index in [2.05, 4.69) is 16.1 Å². The molecule has 37 heavy (non-hydrogen) atoms. The first-order chi connectivity index (χ1) is 17.9. The van der Waals surface area contributed by atoms with Gasteiger partial charge in [-0.15, -0.1) is 0 Å². The Labute approximate surface area is 217 Å². The van der Waals surface area contributed by atoms with E-state index >= 15 is 0 Å². The molecule has 3 aliphatic rings. The molecule has 9 nitrogen and oxygen atoms in total. The Bertz CT molecular complexity index is 1430. The van der Waals surface area contributed by atoms with Gasteiger partial charge in [0.1, 0.15) is 12.6 Å². The van der Waals surface area contributed by atoms with E-state index < -0.39 is 11.5 Å². The summed E-state index contributed by atoms with van der Waals surface area (Å²) in [4.78, 5) is 42.3. The number of carbonyl (C=O) groups is 3. The lowest BCUT2D eigenvalue weighted by Gasteiger charge is -2.17. The van der Waals surface area contributed by atoms with E-state index in [-0.39, 0.29) is 35.4 Å². The monoisotopic (exact) mass is 505 g/mol. The van der Waals surface area contributed by atoms with Gasteiger partial charge in [0.2, 0.25) is 12.7 Å². The highest BCUT2D eigenvalue weighted by atomic mass is 16.7. The summed E-state index contributed by atoms with van der Waals surface area (Å²) >= 11 is 0. The number of hydrogen-bond donors (Lipinski definition) is 3. The van der Waals surface area contributed by atoms with Gasteiger partial charge in [-0.05, 0) is 78.4 Å². The highest BCUT2D eigenvalue weighted by Gasteiger charge is 2.51. The van der Waals surface area contributed by atoms with Crippen LogP contribution in [0.2, 0.25) is 0 Å². The molecule has 1 atom stereocenters. The summed E-state index contributed by atoms with van der Waals surface area (Å²) in [7, 11) is 0. The molecular weight excluding hydrogens is 474 g/mol. The van der Waals surface area contributed by atoms with Crippen molar-refractivity contribution in [3.63, 3.8) is 0 Å². The van der Waals surface area contributed by atoms with Crippen LogP contribution in [0.5, 0.6) is 11.5 Å². The van der Waals surface area contributed by atoms with Gasteiger partial charge in [-0.1, -0.05) is 24.3 Å². The Kier molecular flexibility index (Phi) is 5.57. The molecule has 3 N–H and O–H groups in total. The molecule has 1 saturated heterocycles. The molecular formula is C28H31N3O6. The number of anilines is 1. The Morgan fingerprint density at radius 1 is 1.00 bits per heavy atom. The van der Waals surface area contributed by atoms with E-state index in [0.29, 0.717) is 22.7 Å². The summed E-state index contributed by atoms with van der Waals surface area (Å²) in [6.07, 6.45) is 1.55. The molecule has 2 fully saturated rings. The maximum Gasteiger partial charge on any atom is 0.268 e. The molecule has 0 aromatic heterocycles. The number of carbonyl (C=O) groups excluding carboxylic acids is 3. The van der Waals surface area contributed by atoms with Gasteiger partial charge in [-0.2, -0.15) is 0 Å². The summed E-state index contributed by atoms with van der Waals surface area (Å²) in [5.74, 6) is 0.600. The predicted octanol–water partition coefficient (Wildman–Crippen LogP) is 3.96. The van der Waals surface area contributed by atoms with Gasteiger partial charge in [0.05, 0.1) is 5.41 Å². The fourth-order valence-electron chi connectivity index (χ4n) is 4.72. The van der Waals surface area contributed by atoms with Crippen LogP contribution in [0, 0.1) is 6.92 Å².